The summed E-state index contributed by atoms with van der Waals surface area (Å²) in [6.07, 6.45) is 11.7. The highest BCUT2D eigenvalue weighted by Crippen LogP contribution is 2.77. The van der Waals surface area contributed by atoms with Crippen molar-refractivity contribution in [2.45, 2.75) is 19.3 Å². The highest BCUT2D eigenvalue weighted by Gasteiger charge is 2.83. The zero-order chi connectivity index (χ0) is 12.1. The van der Waals surface area contributed by atoms with Crippen molar-refractivity contribution in [3.8, 4) is 0 Å². The fourth-order valence-electron chi connectivity index (χ4n) is 5.93. The Morgan fingerprint density at radius 3 is 1.72 bits per heavy atom. The molecule has 0 aromatic carbocycles. The second-order valence-electron chi connectivity index (χ2n) is 6.42. The number of hydrogen-bond donors (Lipinski definition) is 0. The Kier molecular flexibility index (Phi) is 1.32. The molecule has 5 aliphatic carbocycles. The molecule has 0 unspecified atom stereocenters. The van der Waals surface area contributed by atoms with Crippen LogP contribution in [0.4, 0.5) is 0 Å². The molecule has 0 N–H and O–H groups in total. The van der Waals surface area contributed by atoms with Gasteiger partial charge in [0.2, 0.25) is 0 Å². The first-order valence-corrected chi connectivity index (χ1v) is 6.85. The van der Waals surface area contributed by atoms with E-state index in [1.807, 2.05) is 0 Å². The van der Waals surface area contributed by atoms with E-state index in [1.165, 1.54) is 0 Å². The van der Waals surface area contributed by atoms with Crippen molar-refractivity contribution in [1.29, 1.82) is 0 Å². The number of fused-ring (bicyclic) bond motifs is 3. The molecule has 92 valence electrons. The van der Waals surface area contributed by atoms with E-state index in [4.69, 9.17) is 4.74 Å². The van der Waals surface area contributed by atoms with Gasteiger partial charge in [0.05, 0.1) is 10.8 Å². The molecule has 0 spiro atoms. The minimum atomic E-state index is -0.541. The van der Waals surface area contributed by atoms with Gasteiger partial charge in [-0.05, 0) is 42.9 Å². The third-order valence-electron chi connectivity index (χ3n) is 6.33. The number of carbonyl (C=O) groups is 2. The zero-order valence-electron chi connectivity index (χ0n) is 9.96. The summed E-state index contributed by atoms with van der Waals surface area (Å²) in [5, 5.41) is 0. The van der Waals surface area contributed by atoms with Crippen LogP contribution in [0.2, 0.25) is 0 Å². The minimum absolute atomic E-state index is 0.210. The lowest BCUT2D eigenvalue weighted by atomic mass is 9.43. The van der Waals surface area contributed by atoms with Gasteiger partial charge in [0.25, 0.3) is 0 Å². The van der Waals surface area contributed by atoms with Gasteiger partial charge in [-0.15, -0.1) is 0 Å². The van der Waals surface area contributed by atoms with Gasteiger partial charge in [-0.3, -0.25) is 9.59 Å². The Balaban J connectivity index is 1.91. The number of hydrogen-bond acceptors (Lipinski definition) is 3. The van der Waals surface area contributed by atoms with Gasteiger partial charge in [0.1, 0.15) is 0 Å². The summed E-state index contributed by atoms with van der Waals surface area (Å²) >= 11 is 0. The van der Waals surface area contributed by atoms with Gasteiger partial charge in [0, 0.05) is 0 Å². The molecule has 0 radical (unpaired) electrons. The lowest BCUT2D eigenvalue weighted by molar-refractivity contribution is -0.157. The van der Waals surface area contributed by atoms with Gasteiger partial charge in [-0.1, -0.05) is 24.3 Å². The fourth-order valence-corrected chi connectivity index (χ4v) is 5.93. The second kappa shape index (κ2) is 2.49. The average molecular weight is 242 g/mol. The topological polar surface area (TPSA) is 43.4 Å². The predicted molar refractivity (Wildman–Crippen MR) is 62.1 cm³/mol. The zero-order valence-corrected chi connectivity index (χ0v) is 9.96. The lowest BCUT2D eigenvalue weighted by Gasteiger charge is -2.55. The van der Waals surface area contributed by atoms with Crippen LogP contribution >= 0.6 is 0 Å². The fraction of sp³-hybridized carbons (Fsp3) is 0.600. The summed E-state index contributed by atoms with van der Waals surface area (Å²) in [5.74, 6) is 0.396. The predicted octanol–water partition coefficient (Wildman–Crippen LogP) is 1.84. The highest BCUT2D eigenvalue weighted by molar-refractivity contribution is 6.05. The number of esters is 2. The molecule has 3 heteroatoms. The van der Waals surface area contributed by atoms with Gasteiger partial charge < -0.3 is 4.74 Å². The van der Waals surface area contributed by atoms with Crippen LogP contribution < -0.4 is 0 Å². The van der Waals surface area contributed by atoms with Crippen LogP contribution in [0.15, 0.2) is 24.3 Å². The number of rotatable bonds is 0. The van der Waals surface area contributed by atoms with E-state index in [0.717, 1.165) is 19.3 Å². The Labute approximate surface area is 105 Å². The monoisotopic (exact) mass is 242 g/mol. The molecule has 0 aromatic rings. The van der Waals surface area contributed by atoms with E-state index in [-0.39, 0.29) is 35.6 Å². The van der Waals surface area contributed by atoms with Crippen LogP contribution in [-0.2, 0) is 14.3 Å². The largest absolute Gasteiger partial charge is 0.392 e. The quantitative estimate of drug-likeness (QED) is 0.370. The van der Waals surface area contributed by atoms with Crippen molar-refractivity contribution < 1.29 is 14.3 Å². The molecule has 0 aromatic heterocycles. The molecule has 1 aliphatic heterocycles. The average Bonchev–Trinajstić information content (AvgIpc) is 3.04. The lowest BCUT2D eigenvalue weighted by Crippen LogP contribution is -2.60. The summed E-state index contributed by atoms with van der Waals surface area (Å²) < 4.78 is 5.16. The van der Waals surface area contributed by atoms with E-state index in [0.29, 0.717) is 0 Å². The molecule has 18 heavy (non-hydrogen) atoms. The maximum atomic E-state index is 12.5. The smallest absolute Gasteiger partial charge is 0.322 e. The Morgan fingerprint density at radius 1 is 0.833 bits per heavy atom. The molecule has 6 atom stereocenters. The SMILES string of the molecule is O=C1OC(=O)[C@@]23[C@H]4C=C[C@H](CC4)[C@@]12[C@@H]1C=C[C@H]3C1. The van der Waals surface area contributed by atoms with Crippen molar-refractivity contribution in [1.82, 2.24) is 0 Å². The van der Waals surface area contributed by atoms with E-state index in [1.54, 1.807) is 0 Å². The summed E-state index contributed by atoms with van der Waals surface area (Å²) in [6.45, 7) is 0. The van der Waals surface area contributed by atoms with Gasteiger partial charge in [-0.25, -0.2) is 0 Å². The standard InChI is InChI=1S/C15H14O3/c16-12-14-8-1-2-9(4-3-8)15(14,13(17)18-12)11-6-5-10(14)7-11/h1-2,5-6,8-11H,3-4,7H2/t8-,9+,10-,11+,14-,15+. The number of cyclic esters (lactones) is 2. The van der Waals surface area contributed by atoms with Crippen LogP contribution in [-0.4, -0.2) is 11.9 Å². The molecule has 1 saturated heterocycles. The van der Waals surface area contributed by atoms with Crippen LogP contribution in [0.5, 0.6) is 0 Å². The first-order valence-electron chi connectivity index (χ1n) is 6.85. The van der Waals surface area contributed by atoms with Crippen molar-refractivity contribution in [3.63, 3.8) is 0 Å². The molecule has 2 saturated carbocycles. The first-order chi connectivity index (χ1) is 8.72. The highest BCUT2D eigenvalue weighted by atomic mass is 16.6. The number of allylic oxidation sites excluding steroid dienone is 4. The van der Waals surface area contributed by atoms with Crippen molar-refractivity contribution in [2.24, 2.45) is 34.5 Å². The molecule has 6 aliphatic rings. The van der Waals surface area contributed by atoms with Crippen LogP contribution in [0.25, 0.3) is 0 Å². The van der Waals surface area contributed by atoms with Crippen molar-refractivity contribution in [2.75, 3.05) is 0 Å². The maximum absolute atomic E-state index is 12.5. The number of carbonyl (C=O) groups excluding carboxylic acids is 2. The third-order valence-corrected chi connectivity index (χ3v) is 6.33. The second-order valence-corrected chi connectivity index (χ2v) is 6.42. The maximum Gasteiger partial charge on any atom is 0.322 e. The Bertz CT molecular complexity index is 514. The van der Waals surface area contributed by atoms with E-state index >= 15 is 0 Å². The molecule has 4 bridgehead atoms. The Hall–Kier alpha value is -1.38. The Morgan fingerprint density at radius 2 is 1.28 bits per heavy atom. The summed E-state index contributed by atoms with van der Waals surface area (Å²) in [6, 6.07) is 0. The van der Waals surface area contributed by atoms with Gasteiger partial charge >= 0.3 is 11.9 Å². The van der Waals surface area contributed by atoms with E-state index in [9.17, 15) is 9.59 Å². The summed E-state index contributed by atoms with van der Waals surface area (Å²) in [7, 11) is 0. The molecule has 3 nitrogen and oxygen atoms in total. The van der Waals surface area contributed by atoms with Gasteiger partial charge in [-0.2, -0.15) is 0 Å². The first kappa shape index (κ1) is 9.54. The van der Waals surface area contributed by atoms with Gasteiger partial charge in [0.15, 0.2) is 0 Å². The molecule has 3 fully saturated rings. The number of ether oxygens (including phenoxy) is 1. The normalized spacial score (nSPS) is 58.0. The molecular formula is C15H14O3. The molecule has 6 rings (SSSR count). The van der Waals surface area contributed by atoms with Crippen LogP contribution in [0.3, 0.4) is 0 Å². The third kappa shape index (κ3) is 0.611. The van der Waals surface area contributed by atoms with Crippen LogP contribution in [0.1, 0.15) is 19.3 Å². The van der Waals surface area contributed by atoms with Crippen molar-refractivity contribution in [3.05, 3.63) is 24.3 Å². The van der Waals surface area contributed by atoms with E-state index in [2.05, 4.69) is 24.3 Å². The molecular weight excluding hydrogens is 228 g/mol. The van der Waals surface area contributed by atoms with Crippen LogP contribution in [0, 0.1) is 34.5 Å². The minimum Gasteiger partial charge on any atom is -0.392 e. The molecule has 0 amide bonds. The summed E-state index contributed by atoms with van der Waals surface area (Å²) in [4.78, 5) is 25.0. The van der Waals surface area contributed by atoms with E-state index < -0.39 is 10.8 Å². The molecule has 1 heterocycles. The van der Waals surface area contributed by atoms with Crippen molar-refractivity contribution >= 4 is 11.9 Å². The summed E-state index contributed by atoms with van der Waals surface area (Å²) in [5.41, 5.74) is -1.08.